The molecule has 0 radical (unpaired) electrons. The van der Waals surface area contributed by atoms with Crippen molar-refractivity contribution in [1.82, 2.24) is 14.7 Å². The van der Waals surface area contributed by atoms with Crippen molar-refractivity contribution in [2.24, 2.45) is 0 Å². The fourth-order valence-electron chi connectivity index (χ4n) is 3.38. The van der Waals surface area contributed by atoms with Crippen molar-refractivity contribution in [1.29, 1.82) is 0 Å². The molecule has 3 heteroatoms. The van der Waals surface area contributed by atoms with Crippen LogP contribution in [-0.4, -0.2) is 62.5 Å². The molecular formula is C36H69N3. The summed E-state index contributed by atoms with van der Waals surface area (Å²) in [6.45, 7) is 21.2. The number of hydrogen-bond donors (Lipinski definition) is 0. The average molecular weight is 544 g/mol. The van der Waals surface area contributed by atoms with Gasteiger partial charge in [0.2, 0.25) is 0 Å². The molecule has 0 saturated carbocycles. The highest BCUT2D eigenvalue weighted by Gasteiger charge is 2.01. The summed E-state index contributed by atoms with van der Waals surface area (Å²) in [6, 6.07) is 20.9. The molecule has 2 aromatic carbocycles. The quantitative estimate of drug-likeness (QED) is 0.235. The van der Waals surface area contributed by atoms with Crippen LogP contribution in [-0.2, 0) is 13.1 Å². The van der Waals surface area contributed by atoms with Crippen molar-refractivity contribution in [3.63, 3.8) is 0 Å². The van der Waals surface area contributed by atoms with E-state index in [4.69, 9.17) is 0 Å². The van der Waals surface area contributed by atoms with Crippen LogP contribution >= 0.6 is 0 Å². The zero-order valence-electron chi connectivity index (χ0n) is 28.3. The maximum absolute atomic E-state index is 2.64. The van der Waals surface area contributed by atoms with Crippen LogP contribution in [0.5, 0.6) is 0 Å². The lowest BCUT2D eigenvalue weighted by atomic mass is 10.2. The third-order valence-corrected chi connectivity index (χ3v) is 5.67. The van der Waals surface area contributed by atoms with Crippen molar-refractivity contribution in [3.05, 3.63) is 71.8 Å². The standard InChI is InChI=1S/C12H27N.2C9H13N.C4H10.C2H6/c1-4-7-10-13(11-8-5-2)12-9-6-3;2*1-10(2)8-9-6-4-3-5-7-9;1-3-4-2;1-2/h4-12H2,1-3H3;2*3-7H,8H2,1-2H3;3-4H2,1-2H3;1-2H3. The van der Waals surface area contributed by atoms with Gasteiger partial charge in [0.1, 0.15) is 0 Å². The summed E-state index contributed by atoms with van der Waals surface area (Å²) < 4.78 is 0. The molecule has 2 rings (SSSR count). The summed E-state index contributed by atoms with van der Waals surface area (Å²) in [5.74, 6) is 0. The van der Waals surface area contributed by atoms with Crippen LogP contribution in [0.4, 0.5) is 0 Å². The lowest BCUT2D eigenvalue weighted by molar-refractivity contribution is 0.261. The third kappa shape index (κ3) is 34.3. The van der Waals surface area contributed by atoms with Crippen molar-refractivity contribution in [2.45, 2.75) is 113 Å². The number of nitrogens with zero attached hydrogens (tertiary/aromatic N) is 3. The van der Waals surface area contributed by atoms with Crippen molar-refractivity contribution < 1.29 is 0 Å². The molecular weight excluding hydrogens is 474 g/mol. The van der Waals surface area contributed by atoms with E-state index in [1.165, 1.54) is 82.1 Å². The molecule has 0 aliphatic carbocycles. The molecule has 0 saturated heterocycles. The zero-order valence-corrected chi connectivity index (χ0v) is 28.3. The van der Waals surface area contributed by atoms with E-state index in [0.717, 1.165) is 13.1 Å². The summed E-state index contributed by atoms with van der Waals surface area (Å²) in [4.78, 5) is 6.96. The fraction of sp³-hybridized carbons (Fsp3) is 0.667. The van der Waals surface area contributed by atoms with Gasteiger partial charge in [-0.15, -0.1) is 0 Å². The van der Waals surface area contributed by atoms with Gasteiger partial charge in [-0.3, -0.25) is 0 Å². The molecule has 228 valence electrons. The second-order valence-corrected chi connectivity index (χ2v) is 10.3. The average Bonchev–Trinajstić information content (AvgIpc) is 2.95. The van der Waals surface area contributed by atoms with E-state index in [1.54, 1.807) is 0 Å². The van der Waals surface area contributed by atoms with E-state index in [0.29, 0.717) is 0 Å². The number of rotatable bonds is 14. The Hall–Kier alpha value is -1.68. The highest BCUT2D eigenvalue weighted by Crippen LogP contribution is 2.02. The van der Waals surface area contributed by atoms with Crippen molar-refractivity contribution in [2.75, 3.05) is 47.8 Å². The molecule has 2 aromatic rings. The molecule has 0 heterocycles. The first kappa shape index (κ1) is 41.8. The summed E-state index contributed by atoms with van der Waals surface area (Å²) in [5.41, 5.74) is 2.74. The number of benzene rings is 2. The smallest absolute Gasteiger partial charge is 0.0227 e. The first-order valence-electron chi connectivity index (χ1n) is 15.9. The van der Waals surface area contributed by atoms with Gasteiger partial charge in [-0.05, 0) is 78.2 Å². The lowest BCUT2D eigenvalue weighted by Gasteiger charge is -2.21. The van der Waals surface area contributed by atoms with Gasteiger partial charge in [0.05, 0.1) is 0 Å². The Labute approximate surface area is 247 Å². The minimum absolute atomic E-state index is 1.03. The van der Waals surface area contributed by atoms with E-state index >= 15 is 0 Å². The first-order valence-corrected chi connectivity index (χ1v) is 15.9. The van der Waals surface area contributed by atoms with Crippen LogP contribution < -0.4 is 0 Å². The van der Waals surface area contributed by atoms with Gasteiger partial charge in [0.25, 0.3) is 0 Å². The van der Waals surface area contributed by atoms with Gasteiger partial charge in [-0.2, -0.15) is 0 Å². The Bertz CT molecular complexity index is 589. The summed E-state index contributed by atoms with van der Waals surface area (Å²) in [5, 5.41) is 0. The summed E-state index contributed by atoms with van der Waals surface area (Å²) >= 11 is 0. The highest BCUT2D eigenvalue weighted by molar-refractivity contribution is 5.14. The Kier molecular flexibility index (Phi) is 36.8. The normalized spacial score (nSPS) is 9.90. The van der Waals surface area contributed by atoms with Crippen molar-refractivity contribution in [3.8, 4) is 0 Å². The van der Waals surface area contributed by atoms with Crippen LogP contribution in [0.25, 0.3) is 0 Å². The van der Waals surface area contributed by atoms with E-state index in [9.17, 15) is 0 Å². The van der Waals surface area contributed by atoms with Crippen LogP contribution in [0.2, 0.25) is 0 Å². The van der Waals surface area contributed by atoms with E-state index in [2.05, 4.69) is 126 Å². The monoisotopic (exact) mass is 544 g/mol. The Morgan fingerprint density at radius 2 is 0.718 bits per heavy atom. The van der Waals surface area contributed by atoms with Gasteiger partial charge in [0, 0.05) is 13.1 Å². The van der Waals surface area contributed by atoms with Gasteiger partial charge in [-0.25, -0.2) is 0 Å². The molecule has 0 aliphatic heterocycles. The molecule has 39 heavy (non-hydrogen) atoms. The molecule has 0 aliphatic rings. The molecule has 0 atom stereocenters. The van der Waals surface area contributed by atoms with Crippen LogP contribution in [0.3, 0.4) is 0 Å². The van der Waals surface area contributed by atoms with E-state index < -0.39 is 0 Å². The molecule has 0 N–H and O–H groups in total. The predicted octanol–water partition coefficient (Wildman–Crippen LogP) is 10.0. The van der Waals surface area contributed by atoms with Crippen LogP contribution in [0, 0.1) is 0 Å². The molecule has 0 spiro atoms. The topological polar surface area (TPSA) is 9.72 Å². The fourth-order valence-corrected chi connectivity index (χ4v) is 3.38. The van der Waals surface area contributed by atoms with Gasteiger partial charge in [-0.1, -0.05) is 141 Å². The zero-order chi connectivity index (χ0) is 30.2. The summed E-state index contributed by atoms with van der Waals surface area (Å²) in [6.07, 6.45) is 10.7. The minimum Gasteiger partial charge on any atom is -0.305 e. The SMILES string of the molecule is CC.CCCC.CCCCN(CCCC)CCCC.CN(C)Cc1ccccc1.CN(C)Cc1ccccc1. The minimum atomic E-state index is 1.03. The maximum Gasteiger partial charge on any atom is 0.0227 e. The molecule has 0 bridgehead atoms. The van der Waals surface area contributed by atoms with Crippen LogP contribution in [0.1, 0.15) is 111 Å². The molecule has 0 aromatic heterocycles. The van der Waals surface area contributed by atoms with E-state index in [1.807, 2.05) is 26.0 Å². The van der Waals surface area contributed by atoms with Crippen LogP contribution in [0.15, 0.2) is 60.7 Å². The number of hydrogen-bond acceptors (Lipinski definition) is 3. The van der Waals surface area contributed by atoms with Gasteiger partial charge in [0.15, 0.2) is 0 Å². The number of unbranched alkanes of at least 4 members (excludes halogenated alkanes) is 4. The lowest BCUT2D eigenvalue weighted by Crippen LogP contribution is -2.27. The van der Waals surface area contributed by atoms with Crippen molar-refractivity contribution >= 4 is 0 Å². The van der Waals surface area contributed by atoms with Gasteiger partial charge >= 0.3 is 0 Å². The maximum atomic E-state index is 2.64. The molecule has 0 fully saturated rings. The highest BCUT2D eigenvalue weighted by atomic mass is 15.1. The second kappa shape index (κ2) is 34.3. The molecule has 0 unspecified atom stereocenters. The van der Waals surface area contributed by atoms with E-state index in [-0.39, 0.29) is 0 Å². The Balaban J connectivity index is -0.000000455. The Morgan fingerprint density at radius 1 is 0.436 bits per heavy atom. The first-order chi connectivity index (χ1) is 18.8. The van der Waals surface area contributed by atoms with Gasteiger partial charge < -0.3 is 14.7 Å². The molecule has 3 nitrogen and oxygen atoms in total. The second-order valence-electron chi connectivity index (χ2n) is 10.3. The summed E-state index contributed by atoms with van der Waals surface area (Å²) in [7, 11) is 8.31. The third-order valence-electron chi connectivity index (χ3n) is 5.67. The predicted molar refractivity (Wildman–Crippen MR) is 181 cm³/mol. The largest absolute Gasteiger partial charge is 0.305 e. The molecule has 0 amide bonds. The Morgan fingerprint density at radius 3 is 0.923 bits per heavy atom.